The molecule has 0 aliphatic rings. The molecule has 0 aliphatic carbocycles. The van der Waals surface area contributed by atoms with Crippen molar-refractivity contribution in [1.29, 1.82) is 0 Å². The highest BCUT2D eigenvalue weighted by molar-refractivity contribution is 5.79. The van der Waals surface area contributed by atoms with Gasteiger partial charge in [0.05, 0.1) is 5.41 Å². The number of ether oxygens (including phenoxy) is 3. The third-order valence-corrected chi connectivity index (χ3v) is 3.94. The number of hydrogen-bond donors (Lipinski definition) is 0. The van der Waals surface area contributed by atoms with Gasteiger partial charge in [0.15, 0.2) is 0 Å². The predicted molar refractivity (Wildman–Crippen MR) is 86.7 cm³/mol. The number of hydrogen-bond acceptors (Lipinski definition) is 5. The Morgan fingerprint density at radius 1 is 1.26 bits per heavy atom. The molecule has 128 valence electrons. The van der Waals surface area contributed by atoms with Gasteiger partial charge in [0.25, 0.3) is 0 Å². The van der Waals surface area contributed by atoms with Gasteiger partial charge >= 0.3 is 5.97 Å². The largest absolute Gasteiger partial charge is 0.460 e. The van der Waals surface area contributed by atoms with Crippen molar-refractivity contribution in [1.82, 2.24) is 0 Å². The number of methoxy groups -OCH3 is 1. The fourth-order valence-electron chi connectivity index (χ4n) is 2.44. The van der Waals surface area contributed by atoms with Gasteiger partial charge < -0.3 is 19.0 Å². The molecule has 1 atom stereocenters. The van der Waals surface area contributed by atoms with E-state index in [4.69, 9.17) is 14.2 Å². The molecule has 1 rings (SSSR count). The first kappa shape index (κ1) is 19.3. The van der Waals surface area contributed by atoms with Crippen LogP contribution in [0.3, 0.4) is 0 Å². The molecule has 1 aromatic rings. The summed E-state index contributed by atoms with van der Waals surface area (Å²) in [5, 5.41) is 0. The summed E-state index contributed by atoms with van der Waals surface area (Å²) >= 11 is 0. The maximum atomic E-state index is 12.5. The first-order valence-corrected chi connectivity index (χ1v) is 7.90. The Kier molecular flexibility index (Phi) is 9.17. The molecule has 0 radical (unpaired) electrons. The third kappa shape index (κ3) is 6.50. The van der Waals surface area contributed by atoms with Gasteiger partial charge in [-0.3, -0.25) is 4.79 Å². The third-order valence-electron chi connectivity index (χ3n) is 3.94. The van der Waals surface area contributed by atoms with Gasteiger partial charge in [-0.15, -0.1) is 0 Å². The van der Waals surface area contributed by atoms with Crippen molar-refractivity contribution in [3.8, 4) is 0 Å². The van der Waals surface area contributed by atoms with Gasteiger partial charge in [0.2, 0.25) is 0 Å². The second-order valence-electron chi connectivity index (χ2n) is 5.48. The molecular formula is C18H26O5. The maximum Gasteiger partial charge on any atom is 0.312 e. The molecule has 5 nitrogen and oxygen atoms in total. The Labute approximate surface area is 137 Å². The fraction of sp³-hybridized carbons (Fsp3) is 0.556. The number of aldehydes is 1. The van der Waals surface area contributed by atoms with Crippen LogP contribution in [0.15, 0.2) is 30.3 Å². The van der Waals surface area contributed by atoms with Crippen molar-refractivity contribution >= 4 is 12.3 Å². The summed E-state index contributed by atoms with van der Waals surface area (Å²) in [6, 6.07) is 9.51. The van der Waals surface area contributed by atoms with Gasteiger partial charge in [-0.25, -0.2) is 0 Å². The van der Waals surface area contributed by atoms with Crippen LogP contribution in [-0.4, -0.2) is 32.8 Å². The monoisotopic (exact) mass is 322 g/mol. The Morgan fingerprint density at radius 3 is 2.61 bits per heavy atom. The van der Waals surface area contributed by atoms with Crippen LogP contribution >= 0.6 is 0 Å². The molecular weight excluding hydrogens is 296 g/mol. The Bertz CT molecular complexity index is 460. The van der Waals surface area contributed by atoms with Crippen LogP contribution in [0.1, 0.15) is 38.2 Å². The van der Waals surface area contributed by atoms with Crippen LogP contribution < -0.4 is 0 Å². The highest BCUT2D eigenvalue weighted by atomic mass is 16.7. The van der Waals surface area contributed by atoms with Crippen LogP contribution in [0, 0.1) is 5.41 Å². The minimum absolute atomic E-state index is 0.168. The summed E-state index contributed by atoms with van der Waals surface area (Å²) in [6.07, 6.45) is 2.75. The summed E-state index contributed by atoms with van der Waals surface area (Å²) < 4.78 is 15.5. The molecule has 23 heavy (non-hydrogen) atoms. The molecule has 0 saturated heterocycles. The summed E-state index contributed by atoms with van der Waals surface area (Å²) in [5.74, 6) is -0.317. The standard InChI is InChI=1S/C18H26O5/c1-3-18(11-12-19,10-7-13-22-15-21-2)17(20)23-14-16-8-5-4-6-9-16/h4-6,8-9,12H,3,7,10-11,13-15H2,1-2H3/t18-/m0/s1. The van der Waals surface area contributed by atoms with E-state index in [1.165, 1.54) is 0 Å². The summed E-state index contributed by atoms with van der Waals surface area (Å²) in [7, 11) is 1.56. The molecule has 0 aliphatic heterocycles. The van der Waals surface area contributed by atoms with Gasteiger partial charge in [0, 0.05) is 20.1 Å². The molecule has 0 spiro atoms. The van der Waals surface area contributed by atoms with Crippen molar-refractivity contribution in [2.75, 3.05) is 20.5 Å². The molecule has 0 amide bonds. The summed E-state index contributed by atoms with van der Waals surface area (Å²) in [4.78, 5) is 23.6. The highest BCUT2D eigenvalue weighted by Crippen LogP contribution is 2.33. The van der Waals surface area contributed by atoms with Crippen molar-refractivity contribution in [2.24, 2.45) is 5.41 Å². The van der Waals surface area contributed by atoms with Crippen molar-refractivity contribution < 1.29 is 23.8 Å². The Hall–Kier alpha value is -1.72. The average molecular weight is 322 g/mol. The zero-order valence-corrected chi connectivity index (χ0v) is 14.0. The van der Waals surface area contributed by atoms with Gasteiger partial charge in [0.1, 0.15) is 19.7 Å². The molecule has 0 aromatic heterocycles. The zero-order valence-electron chi connectivity index (χ0n) is 14.0. The molecule has 5 heteroatoms. The molecule has 0 unspecified atom stereocenters. The lowest BCUT2D eigenvalue weighted by Gasteiger charge is -2.28. The second-order valence-corrected chi connectivity index (χ2v) is 5.48. The minimum atomic E-state index is -0.771. The fourth-order valence-corrected chi connectivity index (χ4v) is 2.44. The number of carbonyl (C=O) groups excluding carboxylic acids is 2. The molecule has 1 aromatic carbocycles. The van der Waals surface area contributed by atoms with Crippen LogP contribution in [-0.2, 0) is 30.4 Å². The van der Waals surface area contributed by atoms with E-state index >= 15 is 0 Å². The normalized spacial score (nSPS) is 13.3. The van der Waals surface area contributed by atoms with E-state index in [1.807, 2.05) is 37.3 Å². The molecule has 0 saturated carbocycles. The van der Waals surface area contributed by atoms with Crippen molar-refractivity contribution in [3.05, 3.63) is 35.9 Å². The van der Waals surface area contributed by atoms with E-state index in [1.54, 1.807) is 7.11 Å². The number of benzene rings is 1. The summed E-state index contributed by atoms with van der Waals surface area (Å²) in [6.45, 7) is 2.84. The van der Waals surface area contributed by atoms with Gasteiger partial charge in [-0.1, -0.05) is 37.3 Å². The van der Waals surface area contributed by atoms with Crippen molar-refractivity contribution in [3.63, 3.8) is 0 Å². The lowest BCUT2D eigenvalue weighted by Crippen LogP contribution is -2.33. The van der Waals surface area contributed by atoms with E-state index in [0.29, 0.717) is 25.9 Å². The van der Waals surface area contributed by atoms with E-state index in [9.17, 15) is 9.59 Å². The number of rotatable bonds is 12. The first-order valence-electron chi connectivity index (χ1n) is 7.90. The molecule has 0 bridgehead atoms. The maximum absolute atomic E-state index is 12.5. The van der Waals surface area contributed by atoms with E-state index in [0.717, 1.165) is 11.8 Å². The van der Waals surface area contributed by atoms with Crippen LogP contribution in [0.5, 0.6) is 0 Å². The average Bonchev–Trinajstić information content (AvgIpc) is 2.59. The Morgan fingerprint density at radius 2 is 2.00 bits per heavy atom. The van der Waals surface area contributed by atoms with Gasteiger partial charge in [-0.2, -0.15) is 0 Å². The van der Waals surface area contributed by atoms with E-state index in [-0.39, 0.29) is 25.8 Å². The van der Waals surface area contributed by atoms with Crippen LogP contribution in [0.4, 0.5) is 0 Å². The number of esters is 1. The smallest absolute Gasteiger partial charge is 0.312 e. The van der Waals surface area contributed by atoms with E-state index < -0.39 is 5.41 Å². The molecule has 0 heterocycles. The lowest BCUT2D eigenvalue weighted by atomic mass is 9.78. The quantitative estimate of drug-likeness (QED) is 0.256. The first-order chi connectivity index (χ1) is 11.2. The predicted octanol–water partition coefficient (Wildman–Crippen LogP) is 3.12. The van der Waals surface area contributed by atoms with Crippen molar-refractivity contribution in [2.45, 2.75) is 39.2 Å². The van der Waals surface area contributed by atoms with Crippen LogP contribution in [0.25, 0.3) is 0 Å². The second kappa shape index (κ2) is 10.9. The Balaban J connectivity index is 2.59. The zero-order chi connectivity index (χ0) is 17.0. The van der Waals surface area contributed by atoms with Gasteiger partial charge in [-0.05, 0) is 24.8 Å². The minimum Gasteiger partial charge on any atom is -0.460 e. The topological polar surface area (TPSA) is 61.8 Å². The summed E-state index contributed by atoms with van der Waals surface area (Å²) in [5.41, 5.74) is 0.160. The molecule has 0 fully saturated rings. The molecule has 0 N–H and O–H groups in total. The van der Waals surface area contributed by atoms with Crippen LogP contribution in [0.2, 0.25) is 0 Å². The van der Waals surface area contributed by atoms with E-state index in [2.05, 4.69) is 0 Å². The highest BCUT2D eigenvalue weighted by Gasteiger charge is 2.37. The lowest BCUT2D eigenvalue weighted by molar-refractivity contribution is -0.159. The SMILES string of the molecule is CC[C@@](CC=O)(CCCOCOC)C(=O)OCc1ccccc1. The number of carbonyl (C=O) groups is 2.